The first-order valence-electron chi connectivity index (χ1n) is 10.1. The molecule has 0 aromatic heterocycles. The second-order valence-corrected chi connectivity index (χ2v) is 8.01. The number of piperidine rings is 1. The van der Waals surface area contributed by atoms with Crippen LogP contribution in [0.4, 0.5) is 0 Å². The topological polar surface area (TPSA) is 61.9 Å². The van der Waals surface area contributed by atoms with E-state index in [1.54, 1.807) is 19.2 Å². The molecule has 3 heterocycles. The average Bonchev–Trinajstić information content (AvgIpc) is 3.05. The van der Waals surface area contributed by atoms with Gasteiger partial charge in [0.2, 0.25) is 5.91 Å². The van der Waals surface area contributed by atoms with Gasteiger partial charge >= 0.3 is 0 Å². The van der Waals surface area contributed by atoms with E-state index in [-0.39, 0.29) is 24.2 Å². The molecule has 3 aliphatic rings. The highest BCUT2D eigenvalue weighted by Crippen LogP contribution is 2.25. The van der Waals surface area contributed by atoms with E-state index < -0.39 is 0 Å². The number of likely N-dealkylation sites (tertiary alicyclic amines) is 2. The molecule has 0 radical (unpaired) electrons. The van der Waals surface area contributed by atoms with Crippen molar-refractivity contribution in [2.24, 2.45) is 5.92 Å². The molecule has 3 saturated heterocycles. The fourth-order valence-corrected chi connectivity index (χ4v) is 4.65. The molecule has 1 aromatic rings. The normalized spacial score (nSPS) is 25.0. The van der Waals surface area contributed by atoms with E-state index in [4.69, 9.17) is 4.74 Å². The van der Waals surface area contributed by atoms with Gasteiger partial charge in [-0.2, -0.15) is 0 Å². The summed E-state index contributed by atoms with van der Waals surface area (Å²) in [6.45, 7) is 3.02. The molecule has 2 amide bonds. The fourth-order valence-electron chi connectivity index (χ4n) is 4.65. The number of methoxy groups -OCH3 is 1. The largest absolute Gasteiger partial charge is 0.497 e. The maximum absolute atomic E-state index is 13.0. The maximum atomic E-state index is 13.0. The predicted molar refractivity (Wildman–Crippen MR) is 110 cm³/mol. The van der Waals surface area contributed by atoms with Gasteiger partial charge in [-0.05, 0) is 56.4 Å². The number of benzene rings is 1. The number of rotatable bonds is 3. The van der Waals surface area contributed by atoms with Crippen molar-refractivity contribution in [1.82, 2.24) is 15.1 Å². The second-order valence-electron chi connectivity index (χ2n) is 8.01. The Morgan fingerprint density at radius 1 is 0.929 bits per heavy atom. The Morgan fingerprint density at radius 3 is 2.25 bits per heavy atom. The second kappa shape index (κ2) is 9.14. The summed E-state index contributed by atoms with van der Waals surface area (Å²) in [4.78, 5) is 29.6. The number of amides is 2. The summed E-state index contributed by atoms with van der Waals surface area (Å²) in [5.74, 6) is 1.14. The van der Waals surface area contributed by atoms with E-state index in [2.05, 4.69) is 10.2 Å². The lowest BCUT2D eigenvalue weighted by Gasteiger charge is -2.35. The molecule has 3 fully saturated rings. The van der Waals surface area contributed by atoms with E-state index in [9.17, 15) is 9.59 Å². The lowest BCUT2D eigenvalue weighted by atomic mass is 9.94. The zero-order chi connectivity index (χ0) is 18.8. The van der Waals surface area contributed by atoms with Gasteiger partial charge in [-0.1, -0.05) is 0 Å². The van der Waals surface area contributed by atoms with Gasteiger partial charge in [0, 0.05) is 49.7 Å². The van der Waals surface area contributed by atoms with E-state index in [0.29, 0.717) is 36.6 Å². The van der Waals surface area contributed by atoms with Gasteiger partial charge in [0.1, 0.15) is 5.75 Å². The Hall–Kier alpha value is -1.79. The highest BCUT2D eigenvalue weighted by Gasteiger charge is 2.35. The number of hydrogen-bond donors (Lipinski definition) is 1. The van der Waals surface area contributed by atoms with Crippen molar-refractivity contribution in [1.29, 1.82) is 0 Å². The summed E-state index contributed by atoms with van der Waals surface area (Å²) < 4.78 is 5.15. The Balaban J connectivity index is 0.00000225. The van der Waals surface area contributed by atoms with Crippen LogP contribution in [0.15, 0.2) is 24.3 Å². The number of carbonyl (C=O) groups is 2. The molecule has 0 aliphatic carbocycles. The molecule has 1 N–H and O–H groups in total. The third kappa shape index (κ3) is 4.44. The summed E-state index contributed by atoms with van der Waals surface area (Å²) in [5, 5.41) is 3.63. The molecule has 0 saturated carbocycles. The summed E-state index contributed by atoms with van der Waals surface area (Å²) in [5.41, 5.74) is 0.676. The molecule has 1 aromatic carbocycles. The third-order valence-electron chi connectivity index (χ3n) is 6.30. The van der Waals surface area contributed by atoms with E-state index in [0.717, 1.165) is 38.1 Å². The molecule has 0 spiro atoms. The van der Waals surface area contributed by atoms with Crippen LogP contribution in [0.2, 0.25) is 0 Å². The zero-order valence-corrected chi connectivity index (χ0v) is 17.2. The molecule has 6 nitrogen and oxygen atoms in total. The van der Waals surface area contributed by atoms with Crippen LogP contribution in [-0.2, 0) is 4.79 Å². The van der Waals surface area contributed by atoms with Crippen molar-refractivity contribution in [3.8, 4) is 5.75 Å². The Labute approximate surface area is 173 Å². The number of halogens is 1. The number of ether oxygens (including phenoxy) is 1. The molecule has 0 unspecified atom stereocenters. The number of hydrogen-bond acceptors (Lipinski definition) is 4. The van der Waals surface area contributed by atoms with Gasteiger partial charge in [-0.3, -0.25) is 9.59 Å². The van der Waals surface area contributed by atoms with Crippen LogP contribution in [0, 0.1) is 5.92 Å². The molecular formula is C21H30ClN3O3. The van der Waals surface area contributed by atoms with Crippen molar-refractivity contribution in [2.75, 3.05) is 33.3 Å². The van der Waals surface area contributed by atoms with Gasteiger partial charge in [0.25, 0.3) is 5.91 Å². The van der Waals surface area contributed by atoms with Crippen LogP contribution in [-0.4, -0.2) is 67.0 Å². The Kier molecular flexibility index (Phi) is 6.83. The van der Waals surface area contributed by atoms with E-state index >= 15 is 0 Å². The van der Waals surface area contributed by atoms with Crippen molar-refractivity contribution >= 4 is 24.2 Å². The van der Waals surface area contributed by atoms with Crippen LogP contribution in [0.25, 0.3) is 0 Å². The highest BCUT2D eigenvalue weighted by molar-refractivity contribution is 5.94. The van der Waals surface area contributed by atoms with Gasteiger partial charge in [0.15, 0.2) is 0 Å². The third-order valence-corrected chi connectivity index (χ3v) is 6.30. The lowest BCUT2D eigenvalue weighted by molar-refractivity contribution is -0.137. The van der Waals surface area contributed by atoms with Gasteiger partial charge < -0.3 is 19.9 Å². The molecular weight excluding hydrogens is 378 g/mol. The van der Waals surface area contributed by atoms with Crippen LogP contribution >= 0.6 is 12.4 Å². The molecule has 3 aliphatic heterocycles. The minimum absolute atomic E-state index is 0. The van der Waals surface area contributed by atoms with Crippen molar-refractivity contribution < 1.29 is 14.3 Å². The molecule has 4 rings (SSSR count). The summed E-state index contributed by atoms with van der Waals surface area (Å²) in [6.07, 6.45) is 5.02. The Morgan fingerprint density at radius 2 is 1.57 bits per heavy atom. The van der Waals surface area contributed by atoms with Crippen LogP contribution in [0.1, 0.15) is 42.5 Å². The minimum Gasteiger partial charge on any atom is -0.497 e. The predicted octanol–water partition coefficient (Wildman–Crippen LogP) is 2.32. The number of carbonyl (C=O) groups excluding carboxylic acids is 2. The monoisotopic (exact) mass is 407 g/mol. The van der Waals surface area contributed by atoms with Gasteiger partial charge in [-0.25, -0.2) is 0 Å². The molecule has 154 valence electrons. The quantitative estimate of drug-likeness (QED) is 0.835. The SMILES string of the molecule is COc1ccc(C(=O)N2CCC(C(=O)N3CC[C@H]4CC[C@@H](C3)N4)CC2)cc1.Cl. The number of nitrogens with one attached hydrogen (secondary N) is 1. The lowest BCUT2D eigenvalue weighted by Crippen LogP contribution is -2.46. The van der Waals surface area contributed by atoms with Crippen LogP contribution in [0.3, 0.4) is 0 Å². The van der Waals surface area contributed by atoms with E-state index in [1.165, 1.54) is 12.8 Å². The molecule has 2 bridgehead atoms. The van der Waals surface area contributed by atoms with E-state index in [1.807, 2.05) is 17.0 Å². The van der Waals surface area contributed by atoms with Crippen LogP contribution in [0.5, 0.6) is 5.75 Å². The molecule has 2 atom stereocenters. The number of fused-ring (bicyclic) bond motifs is 2. The van der Waals surface area contributed by atoms with Crippen molar-refractivity contribution in [2.45, 2.75) is 44.2 Å². The summed E-state index contributed by atoms with van der Waals surface area (Å²) in [6, 6.07) is 8.29. The van der Waals surface area contributed by atoms with Crippen LogP contribution < -0.4 is 10.1 Å². The Bertz CT molecular complexity index is 689. The smallest absolute Gasteiger partial charge is 0.253 e. The standard InChI is InChI=1S/C21H29N3O3.ClH/c1-27-19-6-2-15(3-7-19)20(25)23-11-8-16(9-12-23)21(26)24-13-10-17-4-5-18(14-24)22-17;/h2-3,6-7,16-18,22H,4-5,8-14H2,1H3;1H/t17-,18+;/m1./s1. The first kappa shape index (κ1) is 20.9. The minimum atomic E-state index is 0. The number of nitrogens with zero attached hydrogens (tertiary/aromatic N) is 2. The van der Waals surface area contributed by atoms with Gasteiger partial charge in [0.05, 0.1) is 7.11 Å². The maximum Gasteiger partial charge on any atom is 0.253 e. The van der Waals surface area contributed by atoms with Crippen molar-refractivity contribution in [3.05, 3.63) is 29.8 Å². The summed E-state index contributed by atoms with van der Waals surface area (Å²) in [7, 11) is 1.62. The fraction of sp³-hybridized carbons (Fsp3) is 0.619. The average molecular weight is 408 g/mol. The first-order valence-corrected chi connectivity index (χ1v) is 10.1. The van der Waals surface area contributed by atoms with Gasteiger partial charge in [-0.15, -0.1) is 12.4 Å². The summed E-state index contributed by atoms with van der Waals surface area (Å²) >= 11 is 0. The molecule has 7 heteroatoms. The zero-order valence-electron chi connectivity index (χ0n) is 16.4. The highest BCUT2D eigenvalue weighted by atomic mass is 35.5. The first-order chi connectivity index (χ1) is 13.1. The van der Waals surface area contributed by atoms with Crippen molar-refractivity contribution in [3.63, 3.8) is 0 Å². The molecule has 28 heavy (non-hydrogen) atoms.